The van der Waals surface area contributed by atoms with Crippen LogP contribution in [-0.4, -0.2) is 45.8 Å². The van der Waals surface area contributed by atoms with Gasteiger partial charge in [0.2, 0.25) is 10.0 Å². The molecule has 0 spiro atoms. The molecule has 0 unspecified atom stereocenters. The fourth-order valence-corrected chi connectivity index (χ4v) is 4.66. The number of hydrogen-bond donors (Lipinski definition) is 2. The smallest absolute Gasteiger partial charge is 0.238 e. The van der Waals surface area contributed by atoms with Gasteiger partial charge in [0.1, 0.15) is 5.82 Å². The van der Waals surface area contributed by atoms with Crippen molar-refractivity contribution in [1.29, 1.82) is 0 Å². The van der Waals surface area contributed by atoms with Crippen molar-refractivity contribution in [3.05, 3.63) is 52.3 Å². The lowest BCUT2D eigenvalue weighted by Gasteiger charge is -2.23. The normalized spacial score (nSPS) is 13.0. The van der Waals surface area contributed by atoms with Crippen LogP contribution < -0.4 is 10.5 Å². The summed E-state index contributed by atoms with van der Waals surface area (Å²) in [6.45, 7) is 0.826. The highest BCUT2D eigenvalue weighted by Crippen LogP contribution is 2.34. The van der Waals surface area contributed by atoms with Crippen LogP contribution >= 0.6 is 35.0 Å². The van der Waals surface area contributed by atoms with Gasteiger partial charge in [-0.25, -0.2) is 17.9 Å². The van der Waals surface area contributed by atoms with Crippen molar-refractivity contribution in [2.75, 3.05) is 31.7 Å². The first kappa shape index (κ1) is 23.3. The van der Waals surface area contributed by atoms with E-state index in [9.17, 15) is 12.8 Å². The molecule has 0 saturated heterocycles. The second-order valence-corrected chi connectivity index (χ2v) is 9.97. The first-order valence-corrected chi connectivity index (χ1v) is 11.7. The summed E-state index contributed by atoms with van der Waals surface area (Å²) in [5.41, 5.74) is 0.458. The molecule has 0 heterocycles. The molecule has 2 aromatic rings. The fraction of sp³-hybridized carbons (Fsp3) is 0.333. The molecule has 0 aromatic heterocycles. The molecule has 154 valence electrons. The van der Waals surface area contributed by atoms with Gasteiger partial charge in [-0.05, 0) is 63.5 Å². The van der Waals surface area contributed by atoms with Gasteiger partial charge in [0.05, 0.1) is 20.6 Å². The third-order valence-corrected chi connectivity index (χ3v) is 6.55. The van der Waals surface area contributed by atoms with Crippen LogP contribution in [0.25, 0.3) is 0 Å². The van der Waals surface area contributed by atoms with Crippen molar-refractivity contribution >= 4 is 50.7 Å². The number of thioether (sulfide) groups is 1. The van der Waals surface area contributed by atoms with Gasteiger partial charge in [0.15, 0.2) is 0 Å². The Bertz CT molecular complexity index is 887. The van der Waals surface area contributed by atoms with Crippen molar-refractivity contribution in [1.82, 2.24) is 4.90 Å². The zero-order valence-electron chi connectivity index (χ0n) is 15.5. The lowest BCUT2D eigenvalue weighted by molar-refractivity contribution is 0.391. The Hall–Kier alpha value is -1.03. The minimum atomic E-state index is -3.90. The Labute approximate surface area is 179 Å². The number of nitrogens with one attached hydrogen (secondary N) is 1. The highest BCUT2D eigenvalue weighted by Gasteiger charge is 2.18. The molecule has 0 radical (unpaired) electrons. The SMILES string of the molecule is CN(C)CC[C@H](CSc1ccc(F)cc1)Nc1c(Cl)cc(S(N)(=O)=O)cc1Cl. The van der Waals surface area contributed by atoms with Gasteiger partial charge < -0.3 is 10.2 Å². The van der Waals surface area contributed by atoms with Crippen LogP contribution in [0, 0.1) is 5.82 Å². The van der Waals surface area contributed by atoms with Crippen LogP contribution in [0.1, 0.15) is 6.42 Å². The molecule has 0 saturated carbocycles. The van der Waals surface area contributed by atoms with E-state index >= 15 is 0 Å². The molecule has 0 aliphatic rings. The van der Waals surface area contributed by atoms with Crippen LogP contribution in [-0.2, 0) is 10.0 Å². The summed E-state index contributed by atoms with van der Waals surface area (Å²) in [6, 6.07) is 8.85. The lowest BCUT2D eigenvalue weighted by atomic mass is 10.2. The summed E-state index contributed by atoms with van der Waals surface area (Å²) in [5, 5.41) is 8.82. The maximum absolute atomic E-state index is 13.1. The Morgan fingerprint density at radius 3 is 2.25 bits per heavy atom. The summed E-state index contributed by atoms with van der Waals surface area (Å²) < 4.78 is 36.2. The van der Waals surface area contributed by atoms with Gasteiger partial charge >= 0.3 is 0 Å². The molecule has 0 aliphatic carbocycles. The monoisotopic (exact) mass is 465 g/mol. The van der Waals surface area contributed by atoms with Crippen molar-refractivity contribution in [3.8, 4) is 0 Å². The molecule has 5 nitrogen and oxygen atoms in total. The standard InChI is InChI=1S/C18H22Cl2FN3O2S2/c1-24(2)8-7-13(11-27-14-5-3-12(21)4-6-14)23-18-16(19)9-15(10-17(18)20)28(22,25)26/h3-6,9-10,13,23H,7-8,11H2,1-2H3,(H2,22,25,26)/t13-/m1/s1. The van der Waals surface area contributed by atoms with Gasteiger partial charge in [-0.15, -0.1) is 11.8 Å². The maximum Gasteiger partial charge on any atom is 0.238 e. The summed E-state index contributed by atoms with van der Waals surface area (Å²) in [4.78, 5) is 2.86. The summed E-state index contributed by atoms with van der Waals surface area (Å²) in [6.07, 6.45) is 0.796. The molecule has 3 N–H and O–H groups in total. The van der Waals surface area contributed by atoms with Crippen LogP contribution in [0.4, 0.5) is 10.1 Å². The number of halogens is 3. The molecular weight excluding hydrogens is 444 g/mol. The molecule has 0 amide bonds. The van der Waals surface area contributed by atoms with Crippen molar-refractivity contribution in [3.63, 3.8) is 0 Å². The highest BCUT2D eigenvalue weighted by atomic mass is 35.5. The largest absolute Gasteiger partial charge is 0.379 e. The number of nitrogens with zero attached hydrogens (tertiary/aromatic N) is 1. The molecular formula is C18H22Cl2FN3O2S2. The van der Waals surface area contributed by atoms with Crippen LogP contribution in [0.2, 0.25) is 10.0 Å². The molecule has 1 atom stereocenters. The maximum atomic E-state index is 13.1. The lowest BCUT2D eigenvalue weighted by Crippen LogP contribution is -2.28. The minimum Gasteiger partial charge on any atom is -0.379 e. The summed E-state index contributed by atoms with van der Waals surface area (Å²) >= 11 is 14.1. The van der Waals surface area contributed by atoms with Crippen molar-refractivity contribution < 1.29 is 12.8 Å². The van der Waals surface area contributed by atoms with Crippen LogP contribution in [0.3, 0.4) is 0 Å². The number of sulfonamides is 1. The molecule has 0 bridgehead atoms. The molecule has 2 aromatic carbocycles. The van der Waals surface area contributed by atoms with Crippen LogP contribution in [0.5, 0.6) is 0 Å². The Balaban J connectivity index is 2.18. The predicted molar refractivity (Wildman–Crippen MR) is 116 cm³/mol. The van der Waals surface area contributed by atoms with E-state index in [0.29, 0.717) is 11.4 Å². The summed E-state index contributed by atoms with van der Waals surface area (Å²) in [7, 11) is 0.0521. The van der Waals surface area contributed by atoms with E-state index in [-0.39, 0.29) is 26.8 Å². The number of nitrogens with two attached hydrogens (primary N) is 1. The van der Waals surface area contributed by atoms with E-state index in [1.54, 1.807) is 23.9 Å². The van der Waals surface area contributed by atoms with E-state index in [2.05, 4.69) is 10.2 Å². The van der Waals surface area contributed by atoms with E-state index < -0.39 is 10.0 Å². The second-order valence-electron chi connectivity index (χ2n) is 6.51. The topological polar surface area (TPSA) is 75.4 Å². The third-order valence-electron chi connectivity index (χ3n) is 3.88. The van der Waals surface area contributed by atoms with Gasteiger partial charge in [-0.3, -0.25) is 0 Å². The molecule has 28 heavy (non-hydrogen) atoms. The first-order valence-electron chi connectivity index (χ1n) is 8.37. The molecule has 0 aliphatic heterocycles. The fourth-order valence-electron chi connectivity index (χ4n) is 2.40. The molecule has 0 fully saturated rings. The average molecular weight is 466 g/mol. The zero-order valence-corrected chi connectivity index (χ0v) is 18.6. The van der Waals surface area contributed by atoms with E-state index in [1.807, 2.05) is 14.1 Å². The van der Waals surface area contributed by atoms with E-state index in [4.69, 9.17) is 28.3 Å². The Morgan fingerprint density at radius 1 is 1.18 bits per heavy atom. The second kappa shape index (κ2) is 10.1. The predicted octanol–water partition coefficient (Wildman–Crippen LogP) is 4.30. The Morgan fingerprint density at radius 2 is 1.75 bits per heavy atom. The third kappa shape index (κ3) is 7.09. The van der Waals surface area contributed by atoms with Gasteiger partial charge in [-0.2, -0.15) is 0 Å². The van der Waals surface area contributed by atoms with Crippen LogP contribution in [0.15, 0.2) is 46.2 Å². The number of hydrogen-bond acceptors (Lipinski definition) is 5. The van der Waals surface area contributed by atoms with Gasteiger partial charge in [0.25, 0.3) is 0 Å². The Kier molecular flexibility index (Phi) is 8.42. The van der Waals surface area contributed by atoms with E-state index in [0.717, 1.165) is 17.9 Å². The first-order chi connectivity index (χ1) is 13.1. The van der Waals surface area contributed by atoms with Gasteiger partial charge in [0, 0.05) is 16.7 Å². The highest BCUT2D eigenvalue weighted by molar-refractivity contribution is 7.99. The quantitative estimate of drug-likeness (QED) is 0.539. The summed E-state index contributed by atoms with van der Waals surface area (Å²) in [5.74, 6) is 0.406. The van der Waals surface area contributed by atoms with Gasteiger partial charge in [-0.1, -0.05) is 23.2 Å². The number of anilines is 1. The zero-order chi connectivity index (χ0) is 20.9. The molecule has 10 heteroatoms. The average Bonchev–Trinajstić information content (AvgIpc) is 2.60. The van der Waals surface area contributed by atoms with E-state index in [1.165, 1.54) is 24.3 Å². The van der Waals surface area contributed by atoms with Crippen molar-refractivity contribution in [2.24, 2.45) is 5.14 Å². The van der Waals surface area contributed by atoms with Crippen molar-refractivity contribution in [2.45, 2.75) is 22.3 Å². The number of primary sulfonamides is 1. The number of rotatable bonds is 9. The number of benzene rings is 2. The minimum absolute atomic E-state index is 0.00668. The molecule has 2 rings (SSSR count).